The van der Waals surface area contributed by atoms with Gasteiger partial charge in [-0.05, 0) is 25.2 Å². The number of halogens is 1. The lowest BCUT2D eigenvalue weighted by Gasteiger charge is -2.32. The van der Waals surface area contributed by atoms with Crippen molar-refractivity contribution in [1.29, 1.82) is 0 Å². The zero-order valence-electron chi connectivity index (χ0n) is 8.45. The van der Waals surface area contributed by atoms with Crippen LogP contribution < -0.4 is 0 Å². The van der Waals surface area contributed by atoms with Gasteiger partial charge in [-0.25, -0.2) is 4.98 Å². The monoisotopic (exact) mass is 273 g/mol. The van der Waals surface area contributed by atoms with Crippen LogP contribution in [-0.4, -0.2) is 9.81 Å². The summed E-state index contributed by atoms with van der Waals surface area (Å²) in [6.45, 7) is 2.31. The van der Waals surface area contributed by atoms with E-state index in [-0.39, 0.29) is 0 Å². The summed E-state index contributed by atoms with van der Waals surface area (Å²) in [5, 5.41) is 3.45. The van der Waals surface area contributed by atoms with Crippen LogP contribution in [0.3, 0.4) is 0 Å². The van der Waals surface area contributed by atoms with Crippen molar-refractivity contribution in [3.8, 4) is 0 Å². The molecular weight excluding hydrogens is 258 g/mol. The van der Waals surface area contributed by atoms with Crippen molar-refractivity contribution in [2.75, 3.05) is 0 Å². The average Bonchev–Trinajstić information content (AvgIpc) is 2.70. The fraction of sp³-hybridized carbons (Fsp3) is 0.727. The SMILES string of the molecule is CCC1CCC(Br)CC1c1nccs1. The largest absolute Gasteiger partial charge is 0.249 e. The Kier molecular flexibility index (Phi) is 3.61. The maximum absolute atomic E-state index is 4.47. The van der Waals surface area contributed by atoms with Crippen LogP contribution in [0.1, 0.15) is 43.5 Å². The molecule has 3 atom stereocenters. The van der Waals surface area contributed by atoms with Crippen LogP contribution in [0.15, 0.2) is 11.6 Å². The van der Waals surface area contributed by atoms with Crippen molar-refractivity contribution in [1.82, 2.24) is 4.98 Å². The quantitative estimate of drug-likeness (QED) is 0.736. The van der Waals surface area contributed by atoms with Gasteiger partial charge in [0.2, 0.25) is 0 Å². The molecule has 3 unspecified atom stereocenters. The molecular formula is C11H16BrNS. The third-order valence-electron chi connectivity index (χ3n) is 3.22. The first-order valence-electron chi connectivity index (χ1n) is 5.34. The third-order valence-corrected chi connectivity index (χ3v) is 4.96. The Bertz CT molecular complexity index is 273. The zero-order chi connectivity index (χ0) is 9.97. The molecule has 1 nitrogen and oxygen atoms in total. The van der Waals surface area contributed by atoms with E-state index in [2.05, 4.69) is 33.2 Å². The minimum Gasteiger partial charge on any atom is -0.249 e. The number of hydrogen-bond donors (Lipinski definition) is 0. The first kappa shape index (κ1) is 10.6. The molecule has 2 rings (SSSR count). The van der Waals surface area contributed by atoms with E-state index in [0.717, 1.165) is 5.92 Å². The molecule has 0 bridgehead atoms. The van der Waals surface area contributed by atoms with Crippen LogP contribution in [0, 0.1) is 5.92 Å². The first-order chi connectivity index (χ1) is 6.81. The van der Waals surface area contributed by atoms with Gasteiger partial charge in [0.1, 0.15) is 0 Å². The minimum absolute atomic E-state index is 0.707. The smallest absolute Gasteiger partial charge is 0.0958 e. The molecule has 1 saturated carbocycles. The van der Waals surface area contributed by atoms with E-state index in [9.17, 15) is 0 Å². The molecule has 1 aliphatic carbocycles. The van der Waals surface area contributed by atoms with Crippen LogP contribution in [0.2, 0.25) is 0 Å². The zero-order valence-corrected chi connectivity index (χ0v) is 10.9. The standard InChI is InChI=1S/C11H16BrNS/c1-2-8-3-4-9(12)7-10(8)11-13-5-6-14-11/h5-6,8-10H,2-4,7H2,1H3. The fourth-order valence-corrected chi connectivity index (χ4v) is 3.90. The second kappa shape index (κ2) is 4.75. The third kappa shape index (κ3) is 2.19. The normalized spacial score (nSPS) is 33.1. The molecule has 14 heavy (non-hydrogen) atoms. The second-order valence-electron chi connectivity index (χ2n) is 4.06. The van der Waals surface area contributed by atoms with Crippen LogP contribution >= 0.6 is 27.3 Å². The van der Waals surface area contributed by atoms with Gasteiger partial charge in [0.25, 0.3) is 0 Å². The average molecular weight is 274 g/mol. The Morgan fingerprint density at radius 1 is 1.57 bits per heavy atom. The van der Waals surface area contributed by atoms with E-state index >= 15 is 0 Å². The summed E-state index contributed by atoms with van der Waals surface area (Å²) in [4.78, 5) is 5.18. The van der Waals surface area contributed by atoms with E-state index in [4.69, 9.17) is 0 Å². The van der Waals surface area contributed by atoms with Gasteiger partial charge in [0.15, 0.2) is 0 Å². The Balaban J connectivity index is 2.13. The molecule has 78 valence electrons. The molecule has 0 amide bonds. The molecule has 0 radical (unpaired) electrons. The lowest BCUT2D eigenvalue weighted by atomic mass is 9.78. The van der Waals surface area contributed by atoms with Crippen molar-refractivity contribution in [2.45, 2.75) is 43.4 Å². The number of aromatic nitrogens is 1. The van der Waals surface area contributed by atoms with Crippen molar-refractivity contribution in [3.63, 3.8) is 0 Å². The predicted octanol–water partition coefficient (Wildman–Crippen LogP) is 4.20. The van der Waals surface area contributed by atoms with Gasteiger partial charge in [-0.2, -0.15) is 0 Å². The number of alkyl halides is 1. The Morgan fingerprint density at radius 3 is 3.07 bits per heavy atom. The topological polar surface area (TPSA) is 12.9 Å². The van der Waals surface area contributed by atoms with Crippen molar-refractivity contribution in [2.24, 2.45) is 5.92 Å². The molecule has 0 aromatic carbocycles. The van der Waals surface area contributed by atoms with Crippen molar-refractivity contribution >= 4 is 27.3 Å². The number of nitrogens with zero attached hydrogens (tertiary/aromatic N) is 1. The van der Waals surface area contributed by atoms with Crippen LogP contribution in [0.25, 0.3) is 0 Å². The Hall–Kier alpha value is 0.110. The predicted molar refractivity (Wildman–Crippen MR) is 65.2 cm³/mol. The lowest BCUT2D eigenvalue weighted by Crippen LogP contribution is -2.22. The van der Waals surface area contributed by atoms with Gasteiger partial charge in [-0.3, -0.25) is 0 Å². The van der Waals surface area contributed by atoms with E-state index in [1.165, 1.54) is 30.7 Å². The van der Waals surface area contributed by atoms with Gasteiger partial charge < -0.3 is 0 Å². The highest BCUT2D eigenvalue weighted by atomic mass is 79.9. The maximum atomic E-state index is 4.47. The van der Waals surface area contributed by atoms with Gasteiger partial charge >= 0.3 is 0 Å². The van der Waals surface area contributed by atoms with Crippen LogP contribution in [0.5, 0.6) is 0 Å². The van der Waals surface area contributed by atoms with Gasteiger partial charge in [-0.1, -0.05) is 29.3 Å². The number of rotatable bonds is 2. The fourth-order valence-electron chi connectivity index (χ4n) is 2.39. The summed E-state index contributed by atoms with van der Waals surface area (Å²) >= 11 is 5.57. The molecule has 1 aromatic rings. The molecule has 0 saturated heterocycles. The van der Waals surface area contributed by atoms with Crippen molar-refractivity contribution < 1.29 is 0 Å². The summed E-state index contributed by atoms with van der Waals surface area (Å²) in [5.74, 6) is 1.56. The molecule has 1 heterocycles. The molecule has 0 N–H and O–H groups in total. The lowest BCUT2D eigenvalue weighted by molar-refractivity contribution is 0.307. The Morgan fingerprint density at radius 2 is 2.43 bits per heavy atom. The molecule has 1 fully saturated rings. The number of thiazole rings is 1. The van der Waals surface area contributed by atoms with Crippen LogP contribution in [0.4, 0.5) is 0 Å². The summed E-state index contributed by atoms with van der Waals surface area (Å²) < 4.78 is 0. The highest BCUT2D eigenvalue weighted by Gasteiger charge is 2.30. The second-order valence-corrected chi connectivity index (χ2v) is 6.28. The molecule has 1 aliphatic rings. The summed E-state index contributed by atoms with van der Waals surface area (Å²) in [5.41, 5.74) is 0. The molecule has 0 aliphatic heterocycles. The first-order valence-corrected chi connectivity index (χ1v) is 7.14. The maximum Gasteiger partial charge on any atom is 0.0958 e. The van der Waals surface area contributed by atoms with E-state index in [1.807, 2.05) is 17.5 Å². The minimum atomic E-state index is 0.707. The summed E-state index contributed by atoms with van der Waals surface area (Å²) in [6, 6.07) is 0. The summed E-state index contributed by atoms with van der Waals surface area (Å²) in [6.07, 6.45) is 7.19. The van der Waals surface area contributed by atoms with E-state index < -0.39 is 0 Å². The van der Waals surface area contributed by atoms with Gasteiger partial charge in [-0.15, -0.1) is 11.3 Å². The van der Waals surface area contributed by atoms with Crippen LogP contribution in [-0.2, 0) is 0 Å². The van der Waals surface area contributed by atoms with E-state index in [0.29, 0.717) is 10.7 Å². The molecule has 3 heteroatoms. The van der Waals surface area contributed by atoms with E-state index in [1.54, 1.807) is 0 Å². The molecule has 1 aromatic heterocycles. The highest BCUT2D eigenvalue weighted by Crippen LogP contribution is 2.42. The summed E-state index contributed by atoms with van der Waals surface area (Å²) in [7, 11) is 0. The highest BCUT2D eigenvalue weighted by molar-refractivity contribution is 9.09. The Labute approximate surface area is 98.1 Å². The van der Waals surface area contributed by atoms with Crippen molar-refractivity contribution in [3.05, 3.63) is 16.6 Å². The molecule has 0 spiro atoms. The van der Waals surface area contributed by atoms with Gasteiger partial charge in [0.05, 0.1) is 5.01 Å². The number of hydrogen-bond acceptors (Lipinski definition) is 2. The van der Waals surface area contributed by atoms with Gasteiger partial charge in [0, 0.05) is 22.3 Å².